The molecule has 2 aromatic carbocycles. The molecule has 1 heterocycles. The average molecular weight is 396 g/mol. The molecule has 0 bridgehead atoms. The molecule has 1 aromatic heterocycles. The summed E-state index contributed by atoms with van der Waals surface area (Å²) in [6.07, 6.45) is 0. The number of amides is 1. The molecule has 3 rings (SSSR count). The van der Waals surface area contributed by atoms with Crippen LogP contribution in [0.5, 0.6) is 11.5 Å². The van der Waals surface area contributed by atoms with E-state index >= 15 is 0 Å². The number of furan rings is 1. The minimum absolute atomic E-state index is 0.0874. The van der Waals surface area contributed by atoms with Crippen molar-refractivity contribution in [2.75, 3.05) is 12.4 Å². The Morgan fingerprint density at radius 2 is 1.83 bits per heavy atom. The first-order valence-corrected chi connectivity index (χ1v) is 8.79. The van der Waals surface area contributed by atoms with Crippen molar-refractivity contribution in [3.63, 3.8) is 0 Å². The number of benzene rings is 2. The topological polar surface area (TPSA) is 104 Å². The van der Waals surface area contributed by atoms with Gasteiger partial charge in [-0.15, -0.1) is 0 Å². The molecule has 0 aliphatic rings. The molecule has 8 nitrogen and oxygen atoms in total. The zero-order valence-corrected chi connectivity index (χ0v) is 16.2. The van der Waals surface area contributed by atoms with Gasteiger partial charge in [-0.05, 0) is 55.3 Å². The lowest BCUT2D eigenvalue weighted by atomic mass is 10.1. The summed E-state index contributed by atoms with van der Waals surface area (Å²) in [6.45, 7) is 4.15. The van der Waals surface area contributed by atoms with Gasteiger partial charge in [0.1, 0.15) is 23.9 Å². The summed E-state index contributed by atoms with van der Waals surface area (Å²) in [5, 5.41) is 13.5. The van der Waals surface area contributed by atoms with Crippen molar-refractivity contribution >= 4 is 17.3 Å². The van der Waals surface area contributed by atoms with E-state index in [1.165, 1.54) is 31.4 Å². The summed E-state index contributed by atoms with van der Waals surface area (Å²) in [4.78, 5) is 22.8. The van der Waals surface area contributed by atoms with E-state index in [0.717, 1.165) is 16.9 Å². The second-order valence-electron chi connectivity index (χ2n) is 6.47. The van der Waals surface area contributed by atoms with E-state index in [1.807, 2.05) is 26.0 Å². The first-order valence-electron chi connectivity index (χ1n) is 8.79. The summed E-state index contributed by atoms with van der Waals surface area (Å²) in [5.74, 6) is 0.974. The number of carbonyl (C=O) groups excluding carboxylic acids is 1. The SMILES string of the molecule is COc1cc([N+](=O)[O-])ccc1NC(=O)c1ccc(COc2cc(C)cc(C)c2)o1. The van der Waals surface area contributed by atoms with E-state index in [4.69, 9.17) is 13.9 Å². The fourth-order valence-electron chi connectivity index (χ4n) is 2.83. The van der Waals surface area contributed by atoms with Crippen LogP contribution in [0, 0.1) is 24.0 Å². The van der Waals surface area contributed by atoms with Gasteiger partial charge in [0.05, 0.1) is 23.8 Å². The van der Waals surface area contributed by atoms with Gasteiger partial charge in [-0.1, -0.05) is 6.07 Å². The second kappa shape index (κ2) is 8.47. The predicted molar refractivity (Wildman–Crippen MR) is 107 cm³/mol. The molecule has 0 spiro atoms. The van der Waals surface area contributed by atoms with Gasteiger partial charge < -0.3 is 19.2 Å². The van der Waals surface area contributed by atoms with Crippen molar-refractivity contribution in [1.82, 2.24) is 0 Å². The molecule has 0 saturated heterocycles. The lowest BCUT2D eigenvalue weighted by Gasteiger charge is -2.09. The Kier molecular flexibility index (Phi) is 5.82. The molecule has 0 aliphatic heterocycles. The summed E-state index contributed by atoms with van der Waals surface area (Å²) < 4.78 is 16.4. The molecular weight excluding hydrogens is 376 g/mol. The third kappa shape index (κ3) is 4.92. The Morgan fingerprint density at radius 3 is 2.48 bits per heavy atom. The summed E-state index contributed by atoms with van der Waals surface area (Å²) in [5.41, 5.74) is 2.35. The lowest BCUT2D eigenvalue weighted by Crippen LogP contribution is -2.12. The van der Waals surface area contributed by atoms with Gasteiger partial charge in [-0.2, -0.15) is 0 Å². The molecule has 0 aliphatic carbocycles. The van der Waals surface area contributed by atoms with Crippen LogP contribution >= 0.6 is 0 Å². The number of rotatable bonds is 7. The highest BCUT2D eigenvalue weighted by molar-refractivity contribution is 6.03. The van der Waals surface area contributed by atoms with E-state index in [9.17, 15) is 14.9 Å². The molecule has 1 N–H and O–H groups in total. The average Bonchev–Trinajstić information content (AvgIpc) is 3.15. The number of ether oxygens (including phenoxy) is 2. The maximum absolute atomic E-state index is 12.4. The third-order valence-corrected chi connectivity index (χ3v) is 4.11. The third-order valence-electron chi connectivity index (χ3n) is 4.11. The van der Waals surface area contributed by atoms with Crippen LogP contribution in [0.4, 0.5) is 11.4 Å². The van der Waals surface area contributed by atoms with Crippen LogP contribution in [0.1, 0.15) is 27.4 Å². The zero-order valence-electron chi connectivity index (χ0n) is 16.2. The van der Waals surface area contributed by atoms with Crippen LogP contribution in [0.2, 0.25) is 0 Å². The lowest BCUT2D eigenvalue weighted by molar-refractivity contribution is -0.384. The fourth-order valence-corrected chi connectivity index (χ4v) is 2.83. The maximum atomic E-state index is 12.4. The maximum Gasteiger partial charge on any atom is 0.291 e. The number of aryl methyl sites for hydroxylation is 2. The van der Waals surface area contributed by atoms with Crippen molar-refractivity contribution in [2.24, 2.45) is 0 Å². The second-order valence-corrected chi connectivity index (χ2v) is 6.47. The van der Waals surface area contributed by atoms with Crippen LogP contribution in [-0.4, -0.2) is 17.9 Å². The zero-order chi connectivity index (χ0) is 21.0. The molecule has 0 atom stereocenters. The smallest absolute Gasteiger partial charge is 0.291 e. The number of nitrogens with zero attached hydrogens (tertiary/aromatic N) is 1. The highest BCUT2D eigenvalue weighted by atomic mass is 16.6. The molecule has 0 saturated carbocycles. The number of hydrogen-bond donors (Lipinski definition) is 1. The van der Waals surface area contributed by atoms with Crippen LogP contribution in [0.25, 0.3) is 0 Å². The Labute approximate surface area is 167 Å². The molecule has 150 valence electrons. The van der Waals surface area contributed by atoms with Gasteiger partial charge in [-0.3, -0.25) is 14.9 Å². The standard InChI is InChI=1S/C21H20N2O6/c1-13-8-14(2)10-17(9-13)28-12-16-5-7-19(29-16)21(24)22-18-6-4-15(23(25)26)11-20(18)27-3/h4-11H,12H2,1-3H3,(H,22,24). The van der Waals surface area contributed by atoms with E-state index in [2.05, 4.69) is 11.4 Å². The minimum atomic E-state index is -0.539. The number of hydrogen-bond acceptors (Lipinski definition) is 6. The van der Waals surface area contributed by atoms with E-state index in [0.29, 0.717) is 11.4 Å². The first-order chi connectivity index (χ1) is 13.9. The van der Waals surface area contributed by atoms with Crippen molar-refractivity contribution in [1.29, 1.82) is 0 Å². The normalized spacial score (nSPS) is 10.4. The van der Waals surface area contributed by atoms with Gasteiger partial charge in [0, 0.05) is 6.07 Å². The first kappa shape index (κ1) is 19.9. The van der Waals surface area contributed by atoms with Crippen molar-refractivity contribution < 1.29 is 23.6 Å². The number of non-ortho nitro benzene ring substituents is 1. The molecule has 0 fully saturated rings. The molecule has 29 heavy (non-hydrogen) atoms. The van der Waals surface area contributed by atoms with E-state index in [1.54, 1.807) is 6.07 Å². The number of methoxy groups -OCH3 is 1. The number of anilines is 1. The monoisotopic (exact) mass is 396 g/mol. The molecule has 8 heteroatoms. The van der Waals surface area contributed by atoms with Crippen LogP contribution in [-0.2, 0) is 6.61 Å². The molecule has 0 unspecified atom stereocenters. The molecule has 0 radical (unpaired) electrons. The molecular formula is C21H20N2O6. The van der Waals surface area contributed by atoms with Gasteiger partial charge in [0.2, 0.25) is 0 Å². The Balaban J connectivity index is 1.67. The van der Waals surface area contributed by atoms with Crippen molar-refractivity contribution in [2.45, 2.75) is 20.5 Å². The summed E-state index contributed by atoms with van der Waals surface area (Å²) >= 11 is 0. The van der Waals surface area contributed by atoms with Crippen LogP contribution < -0.4 is 14.8 Å². The summed E-state index contributed by atoms with van der Waals surface area (Å²) in [7, 11) is 1.37. The number of nitrogens with one attached hydrogen (secondary N) is 1. The number of carbonyl (C=O) groups is 1. The van der Waals surface area contributed by atoms with E-state index in [-0.39, 0.29) is 23.8 Å². The fraction of sp³-hybridized carbons (Fsp3) is 0.190. The Hall–Kier alpha value is -3.81. The van der Waals surface area contributed by atoms with Gasteiger partial charge in [0.15, 0.2) is 5.76 Å². The Morgan fingerprint density at radius 1 is 1.10 bits per heavy atom. The number of nitro benzene ring substituents is 1. The van der Waals surface area contributed by atoms with Crippen LogP contribution in [0.15, 0.2) is 52.9 Å². The quantitative estimate of drug-likeness (QED) is 0.461. The highest BCUT2D eigenvalue weighted by Gasteiger charge is 2.17. The minimum Gasteiger partial charge on any atom is -0.494 e. The van der Waals surface area contributed by atoms with Gasteiger partial charge >= 0.3 is 0 Å². The van der Waals surface area contributed by atoms with Crippen LogP contribution in [0.3, 0.4) is 0 Å². The highest BCUT2D eigenvalue weighted by Crippen LogP contribution is 2.29. The van der Waals surface area contributed by atoms with Gasteiger partial charge in [0.25, 0.3) is 11.6 Å². The molecule has 3 aromatic rings. The van der Waals surface area contributed by atoms with E-state index < -0.39 is 10.8 Å². The summed E-state index contributed by atoms with van der Waals surface area (Å²) in [6, 6.07) is 13.0. The predicted octanol–water partition coefficient (Wildman–Crippen LogP) is 4.64. The molecule has 1 amide bonds. The largest absolute Gasteiger partial charge is 0.494 e. The van der Waals surface area contributed by atoms with Crippen molar-refractivity contribution in [3.05, 3.63) is 81.3 Å². The number of nitro groups is 1. The van der Waals surface area contributed by atoms with Crippen molar-refractivity contribution in [3.8, 4) is 11.5 Å². The Bertz CT molecular complexity index is 1040. The van der Waals surface area contributed by atoms with Gasteiger partial charge in [-0.25, -0.2) is 0 Å².